The van der Waals surface area contributed by atoms with Crippen molar-refractivity contribution in [3.05, 3.63) is 77.5 Å². The zero-order valence-corrected chi connectivity index (χ0v) is 36.0. The van der Waals surface area contributed by atoms with Crippen LogP contribution < -0.4 is 10.6 Å². The Morgan fingerprint density at radius 3 is 1.63 bits per heavy atom. The number of aliphatic imine (C=N–C) groups is 2. The van der Waals surface area contributed by atoms with Crippen LogP contribution in [0.3, 0.4) is 0 Å². The molecule has 3 N–H and O–H groups in total. The summed E-state index contributed by atoms with van der Waals surface area (Å²) in [5, 5.41) is 23.1. The number of benzene rings is 2. The maximum Gasteiger partial charge on any atom is 0.437 e. The van der Waals surface area contributed by atoms with E-state index < -0.39 is 41.2 Å². The zero-order valence-electron chi connectivity index (χ0n) is 36.0. The predicted octanol–water partition coefficient (Wildman–Crippen LogP) is 7.80. The van der Waals surface area contributed by atoms with Gasteiger partial charge in [0.2, 0.25) is 11.9 Å². The quantitative estimate of drug-likeness (QED) is 0.131. The number of aryl methyl sites for hydroxylation is 1. The number of carbonyl (C=O) groups is 4. The van der Waals surface area contributed by atoms with Gasteiger partial charge in [-0.3, -0.25) is 10.6 Å². The lowest BCUT2D eigenvalue weighted by molar-refractivity contribution is 0.0550. The summed E-state index contributed by atoms with van der Waals surface area (Å²) in [6, 6.07) is 14.2. The Bertz CT molecular complexity index is 2220. The minimum atomic E-state index is -1.32. The molecule has 0 radical (unpaired) electrons. The van der Waals surface area contributed by atoms with Crippen LogP contribution in [0.1, 0.15) is 91.8 Å². The van der Waals surface area contributed by atoms with Gasteiger partial charge in [0.15, 0.2) is 0 Å². The maximum atomic E-state index is 12.6. The highest BCUT2D eigenvalue weighted by Crippen LogP contribution is 2.29. The number of amides is 4. The first kappa shape index (κ1) is 44.6. The Kier molecular flexibility index (Phi) is 13.5. The zero-order chi connectivity index (χ0) is 44.0. The summed E-state index contributed by atoms with van der Waals surface area (Å²) in [7, 11) is 0. The minimum Gasteiger partial charge on any atom is -0.465 e. The number of hydrogen-bond donors (Lipinski definition) is 3. The van der Waals surface area contributed by atoms with Gasteiger partial charge >= 0.3 is 24.4 Å². The van der Waals surface area contributed by atoms with Crippen molar-refractivity contribution in [1.82, 2.24) is 35.4 Å². The predicted molar refractivity (Wildman–Crippen MR) is 228 cm³/mol. The lowest BCUT2D eigenvalue weighted by atomic mass is 9.97. The lowest BCUT2D eigenvalue weighted by Crippen LogP contribution is -2.48. The molecule has 0 saturated carbocycles. The number of aromatic nitrogens is 3. The monoisotopic (exact) mass is 825 g/mol. The third-order valence-electron chi connectivity index (χ3n) is 8.89. The molecule has 3 heterocycles. The Hall–Kier alpha value is -6.52. The summed E-state index contributed by atoms with van der Waals surface area (Å²) in [6.07, 6.45) is 3.42. The molecule has 2 aliphatic heterocycles. The summed E-state index contributed by atoms with van der Waals surface area (Å²) in [4.78, 5) is 60.4. The fourth-order valence-electron chi connectivity index (χ4n) is 6.32. The molecule has 2 aromatic carbocycles. The average molecular weight is 826 g/mol. The van der Waals surface area contributed by atoms with E-state index in [-0.39, 0.29) is 11.9 Å². The van der Waals surface area contributed by atoms with Gasteiger partial charge in [-0.2, -0.15) is 0 Å². The molecule has 320 valence electrons. The summed E-state index contributed by atoms with van der Waals surface area (Å²) >= 11 is 0. The lowest BCUT2D eigenvalue weighted by Gasteiger charge is -2.30. The molecule has 2 aliphatic rings. The van der Waals surface area contributed by atoms with Crippen LogP contribution in [0.2, 0.25) is 0 Å². The van der Waals surface area contributed by atoms with Crippen LogP contribution in [-0.4, -0.2) is 109 Å². The van der Waals surface area contributed by atoms with Crippen LogP contribution in [-0.2, 0) is 14.2 Å². The van der Waals surface area contributed by atoms with Crippen molar-refractivity contribution < 1.29 is 38.5 Å². The van der Waals surface area contributed by atoms with Gasteiger partial charge in [0.05, 0.1) is 11.9 Å². The van der Waals surface area contributed by atoms with Crippen LogP contribution in [0, 0.1) is 6.92 Å². The molecular weight excluding hydrogens is 771 g/mol. The van der Waals surface area contributed by atoms with Gasteiger partial charge < -0.3 is 29.1 Å². The van der Waals surface area contributed by atoms with Crippen LogP contribution in [0.15, 0.2) is 70.8 Å². The molecule has 0 atom stereocenters. The van der Waals surface area contributed by atoms with Crippen LogP contribution in [0.4, 0.5) is 19.2 Å². The van der Waals surface area contributed by atoms with Crippen LogP contribution in [0.5, 0.6) is 0 Å². The van der Waals surface area contributed by atoms with Gasteiger partial charge in [0, 0.05) is 31.7 Å². The fourth-order valence-corrected chi connectivity index (χ4v) is 6.32. The maximum absolute atomic E-state index is 12.6. The van der Waals surface area contributed by atoms with E-state index in [9.17, 15) is 24.3 Å². The minimum absolute atomic E-state index is 0.0598. The number of rotatable bonds is 4. The Labute approximate surface area is 350 Å². The summed E-state index contributed by atoms with van der Waals surface area (Å²) in [6.45, 7) is 19.3. The van der Waals surface area contributed by atoms with Gasteiger partial charge in [-0.05, 0) is 122 Å². The SMILES string of the molecule is Cc1cc(C2=CCN(/C(=N\C(=O)OC(C)(C)C)NC(=O)O)CC2)ccc1-n1cc(-c2ccc(C3=CCN(/C(=N/C(=O)OC(C)(C)C)NC(=O)OC(C)(C)C)CC3)cc2)nn1. The standard InChI is InChI=1S/C43H55N9O8/c1-27-25-32(30-19-23-50(24-20-30)35(44-37(53)54)45-38(55)58-41(2,3)4)15-16-34(27)52-26-33(48-49-52)31-13-11-28(12-14-31)29-17-21-51(22-18-29)36(46-39(56)59-42(5,6)7)47-40(57)60-43(8,9)10/h11-17,19,25-26H,18,20-24H2,1-10H3,(H,53,54)(H,44,45,55)(H,46,47,56,57). The Balaban J connectivity index is 1.24. The number of carboxylic acid groups (broad SMARTS) is 1. The number of alkyl carbamates (subject to hydrolysis) is 1. The number of carbonyl (C=O) groups excluding carboxylic acids is 3. The number of nitrogens with one attached hydrogen (secondary N) is 2. The first-order valence-corrected chi connectivity index (χ1v) is 19.7. The van der Waals surface area contributed by atoms with Crippen molar-refractivity contribution in [3.8, 4) is 16.9 Å². The van der Waals surface area contributed by atoms with Crippen LogP contribution in [0.25, 0.3) is 28.1 Å². The van der Waals surface area contributed by atoms with E-state index in [1.807, 2.05) is 61.7 Å². The van der Waals surface area contributed by atoms with Gasteiger partial charge in [-0.25, -0.2) is 23.9 Å². The van der Waals surface area contributed by atoms with Gasteiger partial charge in [-0.1, -0.05) is 47.7 Å². The highest BCUT2D eigenvalue weighted by atomic mass is 16.6. The second-order valence-electron chi connectivity index (χ2n) is 17.4. The number of nitrogens with zero attached hydrogens (tertiary/aromatic N) is 7. The molecule has 0 fully saturated rings. The van der Waals surface area contributed by atoms with Crippen molar-refractivity contribution in [3.63, 3.8) is 0 Å². The number of ether oxygens (including phenoxy) is 3. The topological polar surface area (TPSA) is 202 Å². The number of guanidine groups is 2. The van der Waals surface area contributed by atoms with Gasteiger partial charge in [0.1, 0.15) is 22.5 Å². The normalized spacial score (nSPS) is 15.4. The van der Waals surface area contributed by atoms with Crippen molar-refractivity contribution in [1.29, 1.82) is 0 Å². The molecule has 4 amide bonds. The van der Waals surface area contributed by atoms with Gasteiger partial charge in [0.25, 0.3) is 0 Å². The van der Waals surface area contributed by atoms with E-state index in [0.29, 0.717) is 44.7 Å². The molecule has 0 bridgehead atoms. The van der Waals surface area contributed by atoms with Crippen molar-refractivity contribution in [2.75, 3.05) is 26.2 Å². The van der Waals surface area contributed by atoms with Crippen LogP contribution >= 0.6 is 0 Å². The molecule has 0 spiro atoms. The largest absolute Gasteiger partial charge is 0.465 e. The molecule has 60 heavy (non-hydrogen) atoms. The van der Waals surface area contributed by atoms with E-state index in [2.05, 4.69) is 37.0 Å². The first-order chi connectivity index (χ1) is 28.0. The Morgan fingerprint density at radius 1 is 0.683 bits per heavy atom. The molecule has 17 nitrogen and oxygen atoms in total. The molecule has 5 rings (SSSR count). The second-order valence-corrected chi connectivity index (χ2v) is 17.4. The molecule has 17 heteroatoms. The van der Waals surface area contributed by atoms with E-state index in [1.54, 1.807) is 76.8 Å². The Morgan fingerprint density at radius 2 is 1.17 bits per heavy atom. The third kappa shape index (κ3) is 13.0. The summed E-state index contributed by atoms with van der Waals surface area (Å²) in [5.74, 6) is -0.0222. The van der Waals surface area contributed by atoms with Crippen molar-refractivity contribution in [2.24, 2.45) is 9.98 Å². The van der Waals surface area contributed by atoms with Crippen molar-refractivity contribution in [2.45, 2.75) is 98.9 Å². The van der Waals surface area contributed by atoms with E-state index in [1.165, 1.54) is 0 Å². The average Bonchev–Trinajstić information content (AvgIpc) is 3.62. The third-order valence-corrected chi connectivity index (χ3v) is 8.89. The number of hydrogen-bond acceptors (Lipinski definition) is 9. The summed E-state index contributed by atoms with van der Waals surface area (Å²) < 4.78 is 17.8. The molecule has 0 saturated heterocycles. The van der Waals surface area contributed by atoms with E-state index >= 15 is 0 Å². The highest BCUT2D eigenvalue weighted by molar-refractivity contribution is 6.00. The molecule has 0 unspecified atom stereocenters. The van der Waals surface area contributed by atoms with E-state index in [0.717, 1.165) is 39.1 Å². The molecule has 0 aliphatic carbocycles. The summed E-state index contributed by atoms with van der Waals surface area (Å²) in [5.41, 5.74) is 5.46. The van der Waals surface area contributed by atoms with Gasteiger partial charge in [-0.15, -0.1) is 15.1 Å². The smallest absolute Gasteiger partial charge is 0.437 e. The molecule has 1 aromatic heterocycles. The molecule has 3 aromatic rings. The second kappa shape index (κ2) is 18.2. The first-order valence-electron chi connectivity index (χ1n) is 19.7. The highest BCUT2D eigenvalue weighted by Gasteiger charge is 2.26. The van der Waals surface area contributed by atoms with E-state index in [4.69, 9.17) is 14.2 Å². The fraction of sp³-hybridized carbons (Fsp3) is 0.442. The molecular formula is C43H55N9O8. The van der Waals surface area contributed by atoms with Crippen molar-refractivity contribution >= 4 is 47.4 Å².